The summed E-state index contributed by atoms with van der Waals surface area (Å²) in [5.41, 5.74) is 2.84. The maximum absolute atomic E-state index is 11.4. The minimum Gasteiger partial charge on any atom is -0.325 e. The molecule has 1 atom stereocenters. The van der Waals surface area contributed by atoms with Crippen molar-refractivity contribution in [3.8, 4) is 0 Å². The molecular weight excluding hydrogens is 364 g/mol. The van der Waals surface area contributed by atoms with Gasteiger partial charge in [-0.15, -0.1) is 0 Å². The van der Waals surface area contributed by atoms with Crippen LogP contribution in [0.5, 0.6) is 0 Å². The van der Waals surface area contributed by atoms with E-state index in [9.17, 15) is 4.79 Å². The fraction of sp³-hybridized carbons (Fsp3) is 0.455. The summed E-state index contributed by atoms with van der Waals surface area (Å²) in [5.74, 6) is 1.14. The number of rotatable bonds is 6. The maximum Gasteiger partial charge on any atom is 0.230 e. The number of nitrogens with zero attached hydrogens (tertiary/aromatic N) is 5. The number of Topliss-reactive ketones (excluding diaryl/α,β-unsaturated/α-hetero) is 1. The van der Waals surface area contributed by atoms with E-state index in [1.165, 1.54) is 38.3 Å². The third kappa shape index (κ3) is 3.87. The molecule has 7 nitrogen and oxygen atoms in total. The normalized spacial score (nSPS) is 15.9. The van der Waals surface area contributed by atoms with Crippen LogP contribution in [-0.2, 0) is 0 Å². The highest BCUT2D eigenvalue weighted by Gasteiger charge is 2.25. The Balaban J connectivity index is 1.72. The number of nitrogens with one attached hydrogen (secondary N) is 1. The third-order valence-electron chi connectivity index (χ3n) is 5.91. The Hall–Kier alpha value is -2.80. The first kappa shape index (κ1) is 19.5. The van der Waals surface area contributed by atoms with Crippen LogP contribution in [0.2, 0.25) is 0 Å². The molecule has 0 radical (unpaired) electrons. The van der Waals surface area contributed by atoms with E-state index in [0.29, 0.717) is 29.4 Å². The molecule has 0 amide bonds. The summed E-state index contributed by atoms with van der Waals surface area (Å²) in [6, 6.07) is 6.54. The van der Waals surface area contributed by atoms with E-state index in [4.69, 9.17) is 4.98 Å². The summed E-state index contributed by atoms with van der Waals surface area (Å²) in [6.45, 7) is 3.76. The molecule has 3 heterocycles. The Kier molecular flexibility index (Phi) is 5.32. The molecule has 1 aliphatic carbocycles. The summed E-state index contributed by atoms with van der Waals surface area (Å²) in [4.78, 5) is 27.3. The van der Waals surface area contributed by atoms with Gasteiger partial charge in [-0.25, -0.2) is 9.97 Å². The van der Waals surface area contributed by atoms with Crippen LogP contribution in [0.4, 0.5) is 11.8 Å². The average Bonchev–Trinajstić information content (AvgIpc) is 3.34. The highest BCUT2D eigenvalue weighted by molar-refractivity contribution is 5.93. The van der Waals surface area contributed by atoms with Crippen molar-refractivity contribution in [2.75, 3.05) is 19.4 Å². The molecule has 1 saturated carbocycles. The number of fused-ring (bicyclic) bond motifs is 1. The van der Waals surface area contributed by atoms with Gasteiger partial charge in [-0.2, -0.15) is 4.98 Å². The van der Waals surface area contributed by atoms with Crippen LogP contribution in [0.25, 0.3) is 11.0 Å². The maximum atomic E-state index is 11.4. The topological polar surface area (TPSA) is 75.9 Å². The molecule has 3 aromatic rings. The molecule has 1 aliphatic rings. The minimum atomic E-state index is -0.00125. The fourth-order valence-electron chi connectivity index (χ4n) is 4.01. The van der Waals surface area contributed by atoms with Gasteiger partial charge < -0.3 is 14.8 Å². The van der Waals surface area contributed by atoms with Crippen LogP contribution >= 0.6 is 0 Å². The van der Waals surface area contributed by atoms with Crippen LogP contribution in [-0.4, -0.2) is 44.3 Å². The molecule has 1 unspecified atom stereocenters. The molecule has 0 bridgehead atoms. The minimum absolute atomic E-state index is 0.00125. The number of anilines is 2. The summed E-state index contributed by atoms with van der Waals surface area (Å²) in [7, 11) is 4.21. The molecule has 7 heteroatoms. The van der Waals surface area contributed by atoms with E-state index in [-0.39, 0.29) is 5.78 Å². The van der Waals surface area contributed by atoms with E-state index in [0.717, 1.165) is 11.0 Å². The predicted octanol–water partition coefficient (Wildman–Crippen LogP) is 4.51. The quantitative estimate of drug-likeness (QED) is 0.622. The zero-order valence-electron chi connectivity index (χ0n) is 17.5. The van der Waals surface area contributed by atoms with Crippen molar-refractivity contribution in [1.82, 2.24) is 24.4 Å². The van der Waals surface area contributed by atoms with Crippen molar-refractivity contribution in [2.45, 2.75) is 51.6 Å². The molecule has 29 heavy (non-hydrogen) atoms. The van der Waals surface area contributed by atoms with Gasteiger partial charge in [0.1, 0.15) is 11.5 Å². The zero-order chi connectivity index (χ0) is 20.5. The standard InChI is InChI=1S/C22H28N6O/c1-14(27(3)4)19-11-17-13-24-22(25-20-10-9-16(12-23-20)15(2)29)26-21(17)28(19)18-7-5-6-8-18/h9-14,18H,5-8H2,1-4H3,(H,23,24,25,26). The van der Waals surface area contributed by atoms with Gasteiger partial charge in [0, 0.05) is 41.1 Å². The Morgan fingerprint density at radius 1 is 1.21 bits per heavy atom. The largest absolute Gasteiger partial charge is 0.325 e. The number of carbonyl (C=O) groups is 1. The van der Waals surface area contributed by atoms with Crippen LogP contribution in [0.1, 0.15) is 67.7 Å². The van der Waals surface area contributed by atoms with E-state index >= 15 is 0 Å². The molecule has 0 aromatic carbocycles. The molecule has 3 aromatic heterocycles. The van der Waals surface area contributed by atoms with Gasteiger partial charge in [0.05, 0.1) is 0 Å². The third-order valence-corrected chi connectivity index (χ3v) is 5.91. The van der Waals surface area contributed by atoms with Gasteiger partial charge in [0.2, 0.25) is 5.95 Å². The Labute approximate surface area is 171 Å². The summed E-state index contributed by atoms with van der Waals surface area (Å²) >= 11 is 0. The van der Waals surface area contributed by atoms with Gasteiger partial charge in [0.15, 0.2) is 5.78 Å². The number of aromatic nitrogens is 4. The van der Waals surface area contributed by atoms with E-state index in [2.05, 4.69) is 51.8 Å². The Morgan fingerprint density at radius 3 is 2.59 bits per heavy atom. The average molecular weight is 393 g/mol. The second-order valence-corrected chi connectivity index (χ2v) is 8.10. The second kappa shape index (κ2) is 7.91. The van der Waals surface area contributed by atoms with Crippen molar-refractivity contribution in [3.05, 3.63) is 41.9 Å². The first-order valence-corrected chi connectivity index (χ1v) is 10.2. The molecule has 0 aliphatic heterocycles. The number of carbonyl (C=O) groups excluding carboxylic acids is 1. The van der Waals surface area contributed by atoms with Crippen LogP contribution < -0.4 is 5.32 Å². The molecule has 1 fully saturated rings. The van der Waals surface area contributed by atoms with Gasteiger partial charge in [0.25, 0.3) is 0 Å². The summed E-state index contributed by atoms with van der Waals surface area (Å²) in [6.07, 6.45) is 8.37. The number of ketones is 1. The Bertz CT molecular complexity index is 1020. The van der Waals surface area contributed by atoms with Crippen molar-refractivity contribution < 1.29 is 4.79 Å². The predicted molar refractivity (Wildman–Crippen MR) is 115 cm³/mol. The van der Waals surface area contributed by atoms with Crippen molar-refractivity contribution in [1.29, 1.82) is 0 Å². The molecule has 152 valence electrons. The molecular formula is C22H28N6O. The first-order chi connectivity index (χ1) is 13.9. The highest BCUT2D eigenvalue weighted by Crippen LogP contribution is 2.37. The highest BCUT2D eigenvalue weighted by atomic mass is 16.1. The van der Waals surface area contributed by atoms with Crippen LogP contribution in [0, 0.1) is 0 Å². The molecule has 4 rings (SSSR count). The van der Waals surface area contributed by atoms with Gasteiger partial charge >= 0.3 is 0 Å². The summed E-state index contributed by atoms with van der Waals surface area (Å²) in [5, 5.41) is 4.23. The van der Waals surface area contributed by atoms with Gasteiger partial charge in [-0.1, -0.05) is 12.8 Å². The molecule has 0 spiro atoms. The SMILES string of the molecule is CC(=O)c1ccc(Nc2ncc3cc(C(C)N(C)C)n(C4CCCC4)c3n2)nc1. The second-order valence-electron chi connectivity index (χ2n) is 8.10. The van der Waals surface area contributed by atoms with Crippen LogP contribution in [0.15, 0.2) is 30.6 Å². The van der Waals surface area contributed by atoms with Gasteiger partial charge in [-0.05, 0) is 59.0 Å². The lowest BCUT2D eigenvalue weighted by molar-refractivity contribution is 0.101. The Morgan fingerprint density at radius 2 is 1.97 bits per heavy atom. The van der Waals surface area contributed by atoms with Gasteiger partial charge in [-0.3, -0.25) is 4.79 Å². The van der Waals surface area contributed by atoms with E-state index in [1.54, 1.807) is 18.3 Å². The molecule has 1 N–H and O–H groups in total. The van der Waals surface area contributed by atoms with E-state index < -0.39 is 0 Å². The lowest BCUT2D eigenvalue weighted by Gasteiger charge is -2.25. The number of hydrogen-bond donors (Lipinski definition) is 1. The lowest BCUT2D eigenvalue weighted by atomic mass is 10.2. The van der Waals surface area contributed by atoms with Crippen molar-refractivity contribution in [2.24, 2.45) is 0 Å². The van der Waals surface area contributed by atoms with Crippen LogP contribution in [0.3, 0.4) is 0 Å². The lowest BCUT2D eigenvalue weighted by Crippen LogP contribution is -2.21. The number of pyridine rings is 1. The van der Waals surface area contributed by atoms with Crippen molar-refractivity contribution in [3.63, 3.8) is 0 Å². The first-order valence-electron chi connectivity index (χ1n) is 10.2. The molecule has 0 saturated heterocycles. The smallest absolute Gasteiger partial charge is 0.230 e. The van der Waals surface area contributed by atoms with Crippen molar-refractivity contribution >= 4 is 28.6 Å². The number of hydrogen-bond acceptors (Lipinski definition) is 6. The zero-order valence-corrected chi connectivity index (χ0v) is 17.5. The fourth-order valence-corrected chi connectivity index (χ4v) is 4.01. The monoisotopic (exact) mass is 392 g/mol. The summed E-state index contributed by atoms with van der Waals surface area (Å²) < 4.78 is 2.42. The van der Waals surface area contributed by atoms with E-state index in [1.807, 2.05) is 6.20 Å².